The third kappa shape index (κ3) is 4.29. The van der Waals surface area contributed by atoms with Crippen LogP contribution in [-0.4, -0.2) is 14.8 Å². The monoisotopic (exact) mass is 421 g/mol. The van der Waals surface area contributed by atoms with Crippen LogP contribution in [0.1, 0.15) is 85.2 Å². The van der Waals surface area contributed by atoms with Gasteiger partial charge in [-0.15, -0.1) is 21.5 Å². The molecule has 0 fully saturated rings. The van der Waals surface area contributed by atoms with Crippen LogP contribution in [0.2, 0.25) is 0 Å². The maximum absolute atomic E-state index is 4.52. The van der Waals surface area contributed by atoms with Gasteiger partial charge in [0.2, 0.25) is 0 Å². The molecule has 4 heteroatoms. The Morgan fingerprint density at radius 2 is 1.70 bits per heavy atom. The van der Waals surface area contributed by atoms with Crippen LogP contribution in [0.5, 0.6) is 0 Å². The molecule has 2 aromatic heterocycles. The molecule has 3 aromatic rings. The SMILES string of the molecule is C=C(c1ccc(C(C)CC)cc1)c1c(-n2c(C)nnc2CC(C)CC)sc(C)c1C. The minimum absolute atomic E-state index is 0.578. The Balaban J connectivity index is 2.07. The Hall–Kier alpha value is -2.20. The molecule has 2 heterocycles. The minimum Gasteiger partial charge on any atom is -0.273 e. The van der Waals surface area contributed by atoms with Crippen LogP contribution in [0.25, 0.3) is 10.6 Å². The van der Waals surface area contributed by atoms with E-state index in [1.165, 1.54) is 32.1 Å². The van der Waals surface area contributed by atoms with Crippen molar-refractivity contribution < 1.29 is 0 Å². The molecule has 3 rings (SSSR count). The van der Waals surface area contributed by atoms with E-state index >= 15 is 0 Å². The van der Waals surface area contributed by atoms with E-state index in [1.54, 1.807) is 0 Å². The minimum atomic E-state index is 0.578. The van der Waals surface area contributed by atoms with Gasteiger partial charge in [0, 0.05) is 16.9 Å². The second-order valence-electron chi connectivity index (χ2n) is 8.59. The molecule has 3 nitrogen and oxygen atoms in total. The van der Waals surface area contributed by atoms with Gasteiger partial charge >= 0.3 is 0 Å². The van der Waals surface area contributed by atoms with Crippen molar-refractivity contribution in [3.63, 3.8) is 0 Å². The van der Waals surface area contributed by atoms with Gasteiger partial charge in [-0.05, 0) is 61.3 Å². The Labute approximate surface area is 185 Å². The molecule has 30 heavy (non-hydrogen) atoms. The van der Waals surface area contributed by atoms with Crippen LogP contribution in [0.15, 0.2) is 30.8 Å². The lowest BCUT2D eigenvalue weighted by atomic mass is 9.93. The van der Waals surface area contributed by atoms with Gasteiger partial charge in [0.1, 0.15) is 16.6 Å². The zero-order chi connectivity index (χ0) is 22.0. The molecule has 0 N–H and O–H groups in total. The van der Waals surface area contributed by atoms with E-state index in [4.69, 9.17) is 0 Å². The summed E-state index contributed by atoms with van der Waals surface area (Å²) in [6.45, 7) is 20.0. The van der Waals surface area contributed by atoms with Gasteiger partial charge in [-0.25, -0.2) is 0 Å². The zero-order valence-electron chi connectivity index (χ0n) is 19.5. The van der Waals surface area contributed by atoms with E-state index in [2.05, 4.69) is 87.2 Å². The average molecular weight is 422 g/mol. The summed E-state index contributed by atoms with van der Waals surface area (Å²) in [6, 6.07) is 8.95. The first kappa shape index (κ1) is 22.5. The number of benzene rings is 1. The molecule has 0 spiro atoms. The molecular formula is C26H35N3S. The van der Waals surface area contributed by atoms with Gasteiger partial charge in [0.15, 0.2) is 0 Å². The van der Waals surface area contributed by atoms with Crippen LogP contribution in [-0.2, 0) is 6.42 Å². The second-order valence-corrected chi connectivity index (χ2v) is 9.79. The molecule has 0 amide bonds. The summed E-state index contributed by atoms with van der Waals surface area (Å²) in [7, 11) is 0. The molecular weight excluding hydrogens is 386 g/mol. The standard InChI is InChI=1S/C26H35N3S/c1-9-16(3)15-24-28-27-21(8)29(24)26-25(18(5)20(7)30-26)19(6)23-13-11-22(12-14-23)17(4)10-2/h11-14,16-17H,6,9-10,15H2,1-5,7-8H3. The van der Waals surface area contributed by atoms with E-state index < -0.39 is 0 Å². The first-order valence-corrected chi connectivity index (χ1v) is 11.9. The van der Waals surface area contributed by atoms with Crippen molar-refractivity contribution in [3.05, 3.63) is 69.6 Å². The van der Waals surface area contributed by atoms with E-state index in [0.717, 1.165) is 36.5 Å². The van der Waals surface area contributed by atoms with E-state index in [0.29, 0.717) is 11.8 Å². The fourth-order valence-electron chi connectivity index (χ4n) is 3.77. The summed E-state index contributed by atoms with van der Waals surface area (Å²) < 4.78 is 2.25. The predicted molar refractivity (Wildman–Crippen MR) is 130 cm³/mol. The average Bonchev–Trinajstić information content (AvgIpc) is 3.25. The van der Waals surface area contributed by atoms with Crippen molar-refractivity contribution >= 4 is 16.9 Å². The fourth-order valence-corrected chi connectivity index (χ4v) is 5.03. The van der Waals surface area contributed by atoms with Crippen LogP contribution in [0.4, 0.5) is 0 Å². The van der Waals surface area contributed by atoms with E-state index in [1.807, 2.05) is 18.3 Å². The highest BCUT2D eigenvalue weighted by Gasteiger charge is 2.22. The van der Waals surface area contributed by atoms with Crippen LogP contribution in [0, 0.1) is 26.7 Å². The topological polar surface area (TPSA) is 30.7 Å². The number of rotatable bonds is 8. The summed E-state index contributed by atoms with van der Waals surface area (Å²) in [5, 5.41) is 10.1. The molecule has 2 atom stereocenters. The number of aromatic nitrogens is 3. The highest BCUT2D eigenvalue weighted by molar-refractivity contribution is 7.15. The van der Waals surface area contributed by atoms with E-state index in [9.17, 15) is 0 Å². The van der Waals surface area contributed by atoms with Gasteiger partial charge in [-0.2, -0.15) is 0 Å². The highest BCUT2D eigenvalue weighted by Crippen LogP contribution is 2.39. The normalized spacial score (nSPS) is 13.4. The lowest BCUT2D eigenvalue weighted by Gasteiger charge is -2.15. The Morgan fingerprint density at radius 3 is 2.30 bits per heavy atom. The van der Waals surface area contributed by atoms with Crippen molar-refractivity contribution in [2.24, 2.45) is 5.92 Å². The lowest BCUT2D eigenvalue weighted by molar-refractivity contribution is 0.538. The number of hydrogen-bond acceptors (Lipinski definition) is 3. The molecule has 0 radical (unpaired) electrons. The van der Waals surface area contributed by atoms with Crippen LogP contribution >= 0.6 is 11.3 Å². The molecule has 0 bridgehead atoms. The predicted octanol–water partition coefficient (Wildman–Crippen LogP) is 7.42. The van der Waals surface area contributed by atoms with Crippen molar-refractivity contribution in [1.29, 1.82) is 0 Å². The van der Waals surface area contributed by atoms with Crippen LogP contribution in [0.3, 0.4) is 0 Å². The van der Waals surface area contributed by atoms with Crippen LogP contribution < -0.4 is 0 Å². The molecule has 0 saturated heterocycles. The number of thiophene rings is 1. The van der Waals surface area contributed by atoms with Gasteiger partial charge < -0.3 is 0 Å². The Bertz CT molecular complexity index is 1020. The van der Waals surface area contributed by atoms with Crippen molar-refractivity contribution in [2.75, 3.05) is 0 Å². The summed E-state index contributed by atoms with van der Waals surface area (Å²) in [5.41, 5.74) is 6.16. The largest absolute Gasteiger partial charge is 0.273 e. The molecule has 0 aliphatic carbocycles. The van der Waals surface area contributed by atoms with Gasteiger partial charge in [0.05, 0.1) is 0 Å². The number of aryl methyl sites for hydroxylation is 2. The van der Waals surface area contributed by atoms with Gasteiger partial charge in [-0.3, -0.25) is 4.57 Å². The summed E-state index contributed by atoms with van der Waals surface area (Å²) in [6.07, 6.45) is 3.22. The zero-order valence-corrected chi connectivity index (χ0v) is 20.4. The molecule has 0 saturated carbocycles. The quantitative estimate of drug-likeness (QED) is 0.379. The third-order valence-corrected chi connectivity index (χ3v) is 7.62. The summed E-state index contributed by atoms with van der Waals surface area (Å²) in [5.74, 6) is 3.14. The number of nitrogens with zero attached hydrogens (tertiary/aromatic N) is 3. The van der Waals surface area contributed by atoms with Crippen molar-refractivity contribution in [2.45, 2.75) is 73.6 Å². The fraction of sp³-hybridized carbons (Fsp3) is 0.462. The maximum Gasteiger partial charge on any atom is 0.138 e. The maximum atomic E-state index is 4.52. The summed E-state index contributed by atoms with van der Waals surface area (Å²) in [4.78, 5) is 1.32. The molecule has 0 aliphatic rings. The first-order chi connectivity index (χ1) is 14.3. The first-order valence-electron chi connectivity index (χ1n) is 11.1. The molecule has 1 aromatic carbocycles. The Kier molecular flexibility index (Phi) is 6.97. The molecule has 0 aliphatic heterocycles. The second kappa shape index (κ2) is 9.30. The lowest BCUT2D eigenvalue weighted by Crippen LogP contribution is -2.08. The van der Waals surface area contributed by atoms with Gasteiger partial charge in [-0.1, -0.05) is 65.0 Å². The van der Waals surface area contributed by atoms with Gasteiger partial charge in [0.25, 0.3) is 0 Å². The highest BCUT2D eigenvalue weighted by atomic mass is 32.1. The van der Waals surface area contributed by atoms with Crippen molar-refractivity contribution in [3.8, 4) is 5.00 Å². The summed E-state index contributed by atoms with van der Waals surface area (Å²) >= 11 is 1.82. The smallest absolute Gasteiger partial charge is 0.138 e. The third-order valence-electron chi connectivity index (χ3n) is 6.43. The van der Waals surface area contributed by atoms with E-state index in [-0.39, 0.29) is 0 Å². The molecule has 2 unspecified atom stereocenters. The molecule has 160 valence electrons. The number of hydrogen-bond donors (Lipinski definition) is 0. The van der Waals surface area contributed by atoms with Crippen molar-refractivity contribution in [1.82, 2.24) is 14.8 Å². The Morgan fingerprint density at radius 1 is 1.03 bits per heavy atom.